The molecule has 0 radical (unpaired) electrons. The summed E-state index contributed by atoms with van der Waals surface area (Å²) in [6.45, 7) is 1.39. The van der Waals surface area contributed by atoms with Crippen molar-refractivity contribution in [1.29, 1.82) is 0 Å². The zero-order valence-corrected chi connectivity index (χ0v) is 15.5. The molecule has 0 unspecified atom stereocenters. The number of amides is 1. The van der Waals surface area contributed by atoms with Gasteiger partial charge in [0.25, 0.3) is 5.91 Å². The van der Waals surface area contributed by atoms with Gasteiger partial charge in [0.2, 0.25) is 0 Å². The van der Waals surface area contributed by atoms with Crippen LogP contribution in [0.5, 0.6) is 11.5 Å². The molecule has 0 bridgehead atoms. The number of para-hydroxylation sites is 1. The molecule has 0 saturated carbocycles. The summed E-state index contributed by atoms with van der Waals surface area (Å²) in [5.74, 6) is 1.92. The Hall–Kier alpha value is -3.08. The van der Waals surface area contributed by atoms with Gasteiger partial charge in [0.15, 0.2) is 0 Å². The summed E-state index contributed by atoms with van der Waals surface area (Å²) in [5.41, 5.74) is 2.64. The van der Waals surface area contributed by atoms with Crippen molar-refractivity contribution in [3.8, 4) is 11.5 Å². The van der Waals surface area contributed by atoms with E-state index in [1.54, 1.807) is 20.4 Å². The maximum absolute atomic E-state index is 13.2. The number of carbonyl (C=O) groups is 1. The molecule has 1 atom stereocenters. The molecule has 1 aliphatic heterocycles. The van der Waals surface area contributed by atoms with Crippen LogP contribution in [0.2, 0.25) is 0 Å². The Morgan fingerprint density at radius 2 is 1.96 bits per heavy atom. The van der Waals surface area contributed by atoms with Crippen LogP contribution in [-0.4, -0.2) is 43.1 Å². The third-order valence-corrected chi connectivity index (χ3v) is 5.23. The molecule has 2 aromatic carbocycles. The van der Waals surface area contributed by atoms with Gasteiger partial charge in [0.1, 0.15) is 11.5 Å². The van der Waals surface area contributed by atoms with Crippen molar-refractivity contribution >= 4 is 16.8 Å². The molecule has 5 nitrogen and oxygen atoms in total. The van der Waals surface area contributed by atoms with Gasteiger partial charge in [0, 0.05) is 36.2 Å². The molecule has 1 saturated heterocycles. The first kappa shape index (κ1) is 17.3. The lowest BCUT2D eigenvalue weighted by Gasteiger charge is -2.19. The molecule has 4 rings (SSSR count). The highest BCUT2D eigenvalue weighted by molar-refractivity contribution is 6.06. The Kier molecular flexibility index (Phi) is 4.67. The number of benzene rings is 2. The number of ether oxygens (including phenoxy) is 2. The van der Waals surface area contributed by atoms with Crippen molar-refractivity contribution in [3.05, 3.63) is 65.9 Å². The number of likely N-dealkylation sites (tertiary alicyclic amines) is 1. The number of hydrogen-bond donors (Lipinski definition) is 0. The summed E-state index contributed by atoms with van der Waals surface area (Å²) in [6, 6.07) is 15.4. The van der Waals surface area contributed by atoms with E-state index in [1.807, 2.05) is 53.4 Å². The first-order chi connectivity index (χ1) is 13.2. The minimum atomic E-state index is 0.0537. The third kappa shape index (κ3) is 3.21. The van der Waals surface area contributed by atoms with E-state index in [4.69, 9.17) is 9.47 Å². The average molecular weight is 362 g/mol. The Morgan fingerprint density at radius 1 is 1.11 bits per heavy atom. The molecule has 5 heteroatoms. The summed E-state index contributed by atoms with van der Waals surface area (Å²) >= 11 is 0. The monoisotopic (exact) mass is 362 g/mol. The molecule has 0 spiro atoms. The van der Waals surface area contributed by atoms with E-state index in [9.17, 15) is 4.79 Å². The van der Waals surface area contributed by atoms with E-state index in [0.717, 1.165) is 40.9 Å². The number of fused-ring (bicyclic) bond motifs is 1. The SMILES string of the molecule is COc1ccc(OC)c([C@H]2CCN(C(=O)c3ccnc4ccccc34)C2)c1. The van der Waals surface area contributed by atoms with E-state index < -0.39 is 0 Å². The molecule has 1 amide bonds. The van der Waals surface area contributed by atoms with Crippen molar-refractivity contribution in [1.82, 2.24) is 9.88 Å². The van der Waals surface area contributed by atoms with Crippen molar-refractivity contribution in [2.45, 2.75) is 12.3 Å². The minimum absolute atomic E-state index is 0.0537. The minimum Gasteiger partial charge on any atom is -0.497 e. The second kappa shape index (κ2) is 7.27. The summed E-state index contributed by atoms with van der Waals surface area (Å²) in [7, 11) is 3.33. The molecule has 0 aliphatic carbocycles. The molecule has 1 aliphatic rings. The number of carbonyl (C=O) groups excluding carboxylic acids is 1. The Bertz CT molecular complexity index is 981. The molecular weight excluding hydrogens is 340 g/mol. The van der Waals surface area contributed by atoms with E-state index in [-0.39, 0.29) is 11.8 Å². The maximum Gasteiger partial charge on any atom is 0.254 e. The van der Waals surface area contributed by atoms with Crippen molar-refractivity contribution in [2.75, 3.05) is 27.3 Å². The molecule has 138 valence electrons. The summed E-state index contributed by atoms with van der Waals surface area (Å²) in [6.07, 6.45) is 2.60. The highest BCUT2D eigenvalue weighted by Gasteiger charge is 2.30. The van der Waals surface area contributed by atoms with E-state index in [2.05, 4.69) is 4.98 Å². The van der Waals surface area contributed by atoms with Gasteiger partial charge in [-0.3, -0.25) is 9.78 Å². The zero-order chi connectivity index (χ0) is 18.8. The van der Waals surface area contributed by atoms with Crippen molar-refractivity contribution in [2.24, 2.45) is 0 Å². The molecular formula is C22H22N2O3. The van der Waals surface area contributed by atoms with Crippen LogP contribution in [0, 0.1) is 0 Å². The quantitative estimate of drug-likeness (QED) is 0.707. The summed E-state index contributed by atoms with van der Waals surface area (Å²) in [5, 5.41) is 0.896. The normalized spacial score (nSPS) is 16.5. The molecule has 27 heavy (non-hydrogen) atoms. The van der Waals surface area contributed by atoms with Crippen LogP contribution in [0.1, 0.15) is 28.3 Å². The fourth-order valence-electron chi connectivity index (χ4n) is 3.81. The Labute approximate surface area is 158 Å². The van der Waals surface area contributed by atoms with Crippen LogP contribution >= 0.6 is 0 Å². The summed E-state index contributed by atoms with van der Waals surface area (Å²) < 4.78 is 10.9. The first-order valence-electron chi connectivity index (χ1n) is 9.06. The molecule has 1 aromatic heterocycles. The van der Waals surface area contributed by atoms with Gasteiger partial charge >= 0.3 is 0 Å². The Balaban J connectivity index is 1.60. The topological polar surface area (TPSA) is 51.7 Å². The van der Waals surface area contributed by atoms with E-state index in [1.165, 1.54) is 0 Å². The Morgan fingerprint density at radius 3 is 2.78 bits per heavy atom. The van der Waals surface area contributed by atoms with Gasteiger partial charge in [-0.05, 0) is 36.8 Å². The average Bonchev–Trinajstić information content (AvgIpc) is 3.22. The standard InChI is InChI=1S/C22H22N2O3/c1-26-16-7-8-21(27-2)19(13-16)15-10-12-24(14-15)22(25)18-9-11-23-20-6-4-3-5-17(18)20/h3-9,11,13,15H,10,12,14H2,1-2H3/t15-/m0/s1. The number of nitrogens with zero attached hydrogens (tertiary/aromatic N) is 2. The van der Waals surface area contributed by atoms with E-state index >= 15 is 0 Å². The fraction of sp³-hybridized carbons (Fsp3) is 0.273. The van der Waals surface area contributed by atoms with Gasteiger partial charge in [-0.1, -0.05) is 18.2 Å². The number of aromatic nitrogens is 1. The zero-order valence-electron chi connectivity index (χ0n) is 15.5. The van der Waals surface area contributed by atoms with Gasteiger partial charge < -0.3 is 14.4 Å². The highest BCUT2D eigenvalue weighted by atomic mass is 16.5. The van der Waals surface area contributed by atoms with E-state index in [0.29, 0.717) is 12.1 Å². The number of hydrogen-bond acceptors (Lipinski definition) is 4. The second-order valence-corrected chi connectivity index (χ2v) is 6.72. The number of methoxy groups -OCH3 is 2. The van der Waals surface area contributed by atoms with Gasteiger partial charge in [-0.15, -0.1) is 0 Å². The molecule has 2 heterocycles. The van der Waals surface area contributed by atoms with Crippen LogP contribution in [-0.2, 0) is 0 Å². The molecule has 3 aromatic rings. The van der Waals surface area contributed by atoms with Gasteiger partial charge in [-0.2, -0.15) is 0 Å². The number of pyridine rings is 1. The second-order valence-electron chi connectivity index (χ2n) is 6.72. The predicted octanol–water partition coefficient (Wildman–Crippen LogP) is 3.88. The van der Waals surface area contributed by atoms with Crippen LogP contribution < -0.4 is 9.47 Å². The van der Waals surface area contributed by atoms with Crippen molar-refractivity contribution in [3.63, 3.8) is 0 Å². The lowest BCUT2D eigenvalue weighted by molar-refractivity contribution is 0.0792. The third-order valence-electron chi connectivity index (χ3n) is 5.23. The predicted molar refractivity (Wildman–Crippen MR) is 105 cm³/mol. The lowest BCUT2D eigenvalue weighted by atomic mass is 9.97. The fourth-order valence-corrected chi connectivity index (χ4v) is 3.81. The van der Waals surface area contributed by atoms with Crippen LogP contribution in [0.3, 0.4) is 0 Å². The lowest BCUT2D eigenvalue weighted by Crippen LogP contribution is -2.28. The highest BCUT2D eigenvalue weighted by Crippen LogP contribution is 2.36. The molecule has 0 N–H and O–H groups in total. The van der Waals surface area contributed by atoms with Crippen LogP contribution in [0.25, 0.3) is 10.9 Å². The molecule has 1 fully saturated rings. The summed E-state index contributed by atoms with van der Waals surface area (Å²) in [4.78, 5) is 19.4. The van der Waals surface area contributed by atoms with Crippen molar-refractivity contribution < 1.29 is 14.3 Å². The maximum atomic E-state index is 13.2. The van der Waals surface area contributed by atoms with Crippen LogP contribution in [0.15, 0.2) is 54.7 Å². The largest absolute Gasteiger partial charge is 0.497 e. The first-order valence-corrected chi connectivity index (χ1v) is 9.06. The smallest absolute Gasteiger partial charge is 0.254 e. The van der Waals surface area contributed by atoms with Gasteiger partial charge in [-0.25, -0.2) is 0 Å². The van der Waals surface area contributed by atoms with Crippen LogP contribution in [0.4, 0.5) is 0 Å². The van der Waals surface area contributed by atoms with Gasteiger partial charge in [0.05, 0.1) is 25.3 Å². The number of rotatable bonds is 4.